The van der Waals surface area contributed by atoms with Crippen molar-refractivity contribution in [3.05, 3.63) is 94.5 Å². The van der Waals surface area contributed by atoms with Gasteiger partial charge in [0.05, 0.1) is 18.2 Å². The largest absolute Gasteiger partial charge is 0.534 e. The maximum absolute atomic E-state index is 12.8. The summed E-state index contributed by atoms with van der Waals surface area (Å²) in [4.78, 5) is 12.1. The first kappa shape index (κ1) is 34.5. The molecule has 0 saturated heterocycles. The van der Waals surface area contributed by atoms with E-state index in [1.165, 1.54) is 43.3 Å². The number of rotatable bonds is 10. The molecule has 3 rings (SSSR count). The zero-order chi connectivity index (χ0) is 32.9. The fourth-order valence-electron chi connectivity index (χ4n) is 3.47. The SMILES string of the molecule is CCOC(=O)NN=C(c1ccc(OS(=O)(=O)C(F)(F)F)cc1)C(c1ccc(Cl)cc1)c1ccc(OS(=O)(=O)C(F)(F)F)cc1. The highest BCUT2D eigenvalue weighted by molar-refractivity contribution is 7.88. The molecule has 0 radical (unpaired) electrons. The number of carbonyl (C=O) groups excluding carboxylic acids is 1. The minimum absolute atomic E-state index is 0.0396. The van der Waals surface area contributed by atoms with Crippen LogP contribution in [0.3, 0.4) is 0 Å². The Labute approximate surface area is 251 Å². The highest BCUT2D eigenvalue weighted by Crippen LogP contribution is 2.34. The minimum atomic E-state index is -5.99. The molecular weight excluding hydrogens is 670 g/mol. The Morgan fingerprint density at radius 3 is 1.59 bits per heavy atom. The van der Waals surface area contributed by atoms with Gasteiger partial charge in [-0.15, -0.1) is 0 Å². The number of nitrogens with zero attached hydrogens (tertiary/aromatic N) is 1. The molecule has 238 valence electrons. The summed E-state index contributed by atoms with van der Waals surface area (Å²) in [7, 11) is -12.0. The van der Waals surface area contributed by atoms with Crippen LogP contribution in [0.5, 0.6) is 11.5 Å². The summed E-state index contributed by atoms with van der Waals surface area (Å²) in [6.45, 7) is 1.47. The van der Waals surface area contributed by atoms with Gasteiger partial charge in [0.2, 0.25) is 0 Å². The van der Waals surface area contributed by atoms with Crippen molar-refractivity contribution >= 4 is 43.6 Å². The normalized spacial score (nSPS) is 13.6. The van der Waals surface area contributed by atoms with E-state index < -0.39 is 54.8 Å². The number of hydrogen-bond donors (Lipinski definition) is 1. The van der Waals surface area contributed by atoms with Crippen LogP contribution >= 0.6 is 11.6 Å². The maximum Gasteiger partial charge on any atom is 0.534 e. The minimum Gasteiger partial charge on any atom is -0.449 e. The Balaban J connectivity index is 2.13. The number of ether oxygens (including phenoxy) is 1. The van der Waals surface area contributed by atoms with Gasteiger partial charge in [-0.3, -0.25) is 0 Å². The number of alkyl halides is 6. The van der Waals surface area contributed by atoms with Crippen molar-refractivity contribution in [2.24, 2.45) is 5.10 Å². The zero-order valence-corrected chi connectivity index (χ0v) is 24.3. The second-order valence-corrected chi connectivity index (χ2v) is 11.9. The van der Waals surface area contributed by atoms with Crippen LogP contribution in [-0.2, 0) is 25.0 Å². The second kappa shape index (κ2) is 13.3. The second-order valence-electron chi connectivity index (χ2n) is 8.37. The van der Waals surface area contributed by atoms with Crippen molar-refractivity contribution in [2.75, 3.05) is 6.61 Å². The molecule has 0 aromatic heterocycles. The number of hydrogen-bond acceptors (Lipinski definition) is 9. The van der Waals surface area contributed by atoms with Crippen molar-refractivity contribution in [1.82, 2.24) is 5.43 Å². The number of carbonyl (C=O) groups is 1. The fraction of sp³-hybridized carbons (Fsp3) is 0.200. The fourth-order valence-corrected chi connectivity index (χ4v) is 4.52. The molecule has 10 nitrogen and oxygen atoms in total. The van der Waals surface area contributed by atoms with E-state index >= 15 is 0 Å². The van der Waals surface area contributed by atoms with Gasteiger partial charge in [0.1, 0.15) is 11.5 Å². The molecule has 0 heterocycles. The molecule has 19 heteroatoms. The van der Waals surface area contributed by atoms with Crippen molar-refractivity contribution in [2.45, 2.75) is 23.9 Å². The first-order valence-corrected chi connectivity index (χ1v) is 15.0. The molecule has 3 aromatic carbocycles. The van der Waals surface area contributed by atoms with Crippen LogP contribution in [0.25, 0.3) is 0 Å². The number of hydrazone groups is 1. The Hall–Kier alpha value is -4.03. The van der Waals surface area contributed by atoms with Gasteiger partial charge in [-0.2, -0.15) is 48.3 Å². The summed E-state index contributed by atoms with van der Waals surface area (Å²) in [6, 6.07) is 14.3. The van der Waals surface area contributed by atoms with Crippen LogP contribution < -0.4 is 13.8 Å². The van der Waals surface area contributed by atoms with Gasteiger partial charge in [-0.05, 0) is 72.1 Å². The molecule has 0 bridgehead atoms. The molecule has 0 aliphatic rings. The molecule has 0 aliphatic carbocycles. The van der Waals surface area contributed by atoms with Crippen molar-refractivity contribution in [1.29, 1.82) is 0 Å². The lowest BCUT2D eigenvalue weighted by atomic mass is 9.84. The number of halogens is 7. The lowest BCUT2D eigenvalue weighted by molar-refractivity contribution is -0.0504. The van der Waals surface area contributed by atoms with Gasteiger partial charge in [0.15, 0.2) is 0 Å². The summed E-state index contributed by atoms with van der Waals surface area (Å²) in [5.74, 6) is -2.41. The Morgan fingerprint density at radius 2 is 1.18 bits per heavy atom. The number of amides is 1. The topological polar surface area (TPSA) is 137 Å². The zero-order valence-electron chi connectivity index (χ0n) is 21.9. The van der Waals surface area contributed by atoms with Crippen LogP contribution in [0.1, 0.15) is 29.5 Å². The highest BCUT2D eigenvalue weighted by Gasteiger charge is 2.49. The van der Waals surface area contributed by atoms with E-state index in [1.807, 2.05) is 0 Å². The standard InChI is InChI=1S/C25H19ClF6N2O8S2/c1-2-40-23(35)34-33-22(17-7-13-20(14-8-17)42-44(38,39)25(30,31)32)21(15-3-9-18(26)10-4-15)16-5-11-19(12-6-16)41-43(36,37)24(27,28)29/h3-14,21H,2H2,1H3,(H,34,35). The maximum atomic E-state index is 12.8. The van der Waals surface area contributed by atoms with Gasteiger partial charge < -0.3 is 13.1 Å². The first-order valence-electron chi connectivity index (χ1n) is 11.8. The molecule has 0 fully saturated rings. The summed E-state index contributed by atoms with van der Waals surface area (Å²) in [5.41, 5.74) is -8.53. The van der Waals surface area contributed by atoms with Gasteiger partial charge in [0, 0.05) is 5.02 Å². The Bertz CT molecular complexity index is 1710. The molecular formula is C25H19ClF6N2O8S2. The van der Waals surface area contributed by atoms with E-state index in [2.05, 4.69) is 18.9 Å². The van der Waals surface area contributed by atoms with E-state index in [9.17, 15) is 48.0 Å². The predicted octanol–water partition coefficient (Wildman–Crippen LogP) is 6.08. The van der Waals surface area contributed by atoms with E-state index in [4.69, 9.17) is 16.3 Å². The van der Waals surface area contributed by atoms with Crippen LogP contribution in [-0.4, -0.2) is 46.3 Å². The van der Waals surface area contributed by atoms with Gasteiger partial charge in [0.25, 0.3) is 0 Å². The first-order chi connectivity index (χ1) is 20.3. The van der Waals surface area contributed by atoms with Crippen molar-refractivity contribution < 1.29 is 61.1 Å². The van der Waals surface area contributed by atoms with Crippen LogP contribution in [0.15, 0.2) is 77.9 Å². The molecule has 1 unspecified atom stereocenters. The molecule has 1 atom stereocenters. The molecule has 0 spiro atoms. The summed E-state index contributed by atoms with van der Waals surface area (Å²) >= 11 is 6.01. The molecule has 0 aliphatic heterocycles. The third-order valence-corrected chi connectivity index (χ3v) is 7.57. The highest BCUT2D eigenvalue weighted by atomic mass is 35.5. The van der Waals surface area contributed by atoms with Crippen molar-refractivity contribution in [3.8, 4) is 11.5 Å². The molecule has 1 amide bonds. The van der Waals surface area contributed by atoms with Gasteiger partial charge >= 0.3 is 37.3 Å². The molecule has 1 N–H and O–H groups in total. The average Bonchev–Trinajstić information content (AvgIpc) is 2.91. The molecule has 44 heavy (non-hydrogen) atoms. The average molecular weight is 689 g/mol. The summed E-state index contributed by atoms with van der Waals surface area (Å²) in [5, 5.41) is 4.40. The predicted molar refractivity (Wildman–Crippen MR) is 144 cm³/mol. The van der Waals surface area contributed by atoms with E-state index in [0.717, 1.165) is 36.4 Å². The number of nitrogens with one attached hydrogen (secondary N) is 1. The van der Waals surface area contributed by atoms with Crippen molar-refractivity contribution in [3.63, 3.8) is 0 Å². The lowest BCUT2D eigenvalue weighted by Gasteiger charge is -2.22. The summed E-state index contributed by atoms with van der Waals surface area (Å²) in [6.07, 6.45) is -1.00. The third kappa shape index (κ3) is 8.54. The quantitative estimate of drug-likeness (QED) is 0.0890. The Kier molecular flexibility index (Phi) is 10.4. The van der Waals surface area contributed by atoms with E-state index in [0.29, 0.717) is 10.6 Å². The van der Waals surface area contributed by atoms with E-state index in [-0.39, 0.29) is 23.4 Å². The lowest BCUT2D eigenvalue weighted by Crippen LogP contribution is -2.28. The van der Waals surface area contributed by atoms with Crippen LogP contribution in [0.4, 0.5) is 31.1 Å². The van der Waals surface area contributed by atoms with E-state index in [1.54, 1.807) is 0 Å². The monoisotopic (exact) mass is 688 g/mol. The smallest absolute Gasteiger partial charge is 0.449 e. The molecule has 3 aromatic rings. The van der Waals surface area contributed by atoms with Gasteiger partial charge in [-0.25, -0.2) is 10.2 Å². The van der Waals surface area contributed by atoms with Gasteiger partial charge in [-0.1, -0.05) is 35.9 Å². The van der Waals surface area contributed by atoms with Crippen LogP contribution in [0, 0.1) is 0 Å². The Morgan fingerprint density at radius 1 is 0.773 bits per heavy atom. The number of benzene rings is 3. The molecule has 0 saturated carbocycles. The third-order valence-electron chi connectivity index (χ3n) is 5.36. The summed E-state index contributed by atoms with van der Waals surface area (Å²) < 4.78 is 135. The van der Waals surface area contributed by atoms with Crippen LogP contribution in [0.2, 0.25) is 5.02 Å².